The van der Waals surface area contributed by atoms with E-state index in [4.69, 9.17) is 17.0 Å². The van der Waals surface area contributed by atoms with Crippen molar-refractivity contribution in [2.45, 2.75) is 33.4 Å². The largest absolute Gasteiger partial charge is 0.494 e. The molecule has 1 aromatic heterocycles. The number of rotatable bonds is 8. The molecule has 2 aromatic carbocycles. The molecule has 1 amide bonds. The van der Waals surface area contributed by atoms with Gasteiger partial charge >= 0.3 is 0 Å². The minimum Gasteiger partial charge on any atom is -0.494 e. The van der Waals surface area contributed by atoms with Crippen LogP contribution in [0.1, 0.15) is 24.5 Å². The Balaban J connectivity index is 1.62. The highest BCUT2D eigenvalue weighted by Gasteiger charge is 2.11. The second kappa shape index (κ2) is 9.32. The smallest absolute Gasteiger partial charge is 0.222 e. The summed E-state index contributed by atoms with van der Waals surface area (Å²) in [6.07, 6.45) is 0.323. The number of aromatic nitrogens is 3. The van der Waals surface area contributed by atoms with Crippen LogP contribution in [0.2, 0.25) is 0 Å². The Morgan fingerprint density at radius 3 is 2.75 bits per heavy atom. The summed E-state index contributed by atoms with van der Waals surface area (Å²) in [5, 5.41) is 10.1. The molecular formula is C21H24N4O2S. The topological polar surface area (TPSA) is 71.9 Å². The summed E-state index contributed by atoms with van der Waals surface area (Å²) in [7, 11) is 0. The first-order valence-corrected chi connectivity index (χ1v) is 9.68. The summed E-state index contributed by atoms with van der Waals surface area (Å²) >= 11 is 5.34. The molecule has 7 heteroatoms. The predicted molar refractivity (Wildman–Crippen MR) is 112 cm³/mol. The van der Waals surface area contributed by atoms with Crippen molar-refractivity contribution in [3.8, 4) is 17.1 Å². The maximum atomic E-state index is 12.3. The molecule has 2 N–H and O–H groups in total. The van der Waals surface area contributed by atoms with Gasteiger partial charge in [0.2, 0.25) is 5.91 Å². The van der Waals surface area contributed by atoms with Gasteiger partial charge in [0, 0.05) is 25.1 Å². The molecule has 3 rings (SSSR count). The van der Waals surface area contributed by atoms with Crippen molar-refractivity contribution in [1.29, 1.82) is 0 Å². The zero-order valence-corrected chi connectivity index (χ0v) is 16.9. The molecule has 3 aromatic rings. The molecule has 0 saturated heterocycles. The van der Waals surface area contributed by atoms with Crippen LogP contribution in [0.15, 0.2) is 48.5 Å². The van der Waals surface area contributed by atoms with Crippen LogP contribution in [0.25, 0.3) is 11.4 Å². The second-order valence-electron chi connectivity index (χ2n) is 6.48. The molecular weight excluding hydrogens is 372 g/mol. The van der Waals surface area contributed by atoms with Crippen molar-refractivity contribution in [2.75, 3.05) is 6.61 Å². The molecule has 146 valence electrons. The monoisotopic (exact) mass is 396 g/mol. The van der Waals surface area contributed by atoms with E-state index in [-0.39, 0.29) is 5.91 Å². The maximum absolute atomic E-state index is 12.3. The van der Waals surface area contributed by atoms with E-state index in [1.807, 2.05) is 60.9 Å². The van der Waals surface area contributed by atoms with Crippen LogP contribution in [0.5, 0.6) is 5.75 Å². The molecule has 0 spiro atoms. The lowest BCUT2D eigenvalue weighted by Crippen LogP contribution is -2.24. The molecule has 0 aliphatic heterocycles. The summed E-state index contributed by atoms with van der Waals surface area (Å²) in [6.45, 7) is 5.58. The van der Waals surface area contributed by atoms with Gasteiger partial charge in [-0.2, -0.15) is 5.10 Å². The number of nitrogens with zero attached hydrogens (tertiary/aromatic N) is 2. The third-order valence-electron chi connectivity index (χ3n) is 4.32. The van der Waals surface area contributed by atoms with Crippen LogP contribution >= 0.6 is 12.2 Å². The number of hydrogen-bond donors (Lipinski definition) is 2. The molecule has 0 fully saturated rings. The van der Waals surface area contributed by atoms with Crippen LogP contribution in [0.3, 0.4) is 0 Å². The van der Waals surface area contributed by atoms with Crippen molar-refractivity contribution in [3.63, 3.8) is 0 Å². The first-order valence-electron chi connectivity index (χ1n) is 9.27. The van der Waals surface area contributed by atoms with Crippen LogP contribution in [0, 0.1) is 11.7 Å². The van der Waals surface area contributed by atoms with E-state index in [2.05, 4.69) is 21.6 Å². The normalized spacial score (nSPS) is 10.6. The highest BCUT2D eigenvalue weighted by atomic mass is 32.1. The highest BCUT2D eigenvalue weighted by molar-refractivity contribution is 7.71. The van der Waals surface area contributed by atoms with E-state index in [9.17, 15) is 4.79 Å². The lowest BCUT2D eigenvalue weighted by atomic mass is 10.1. The number of aromatic amines is 1. The summed E-state index contributed by atoms with van der Waals surface area (Å²) in [5.41, 5.74) is 3.18. The Kier molecular flexibility index (Phi) is 6.60. The van der Waals surface area contributed by atoms with Crippen molar-refractivity contribution < 1.29 is 9.53 Å². The number of carbonyl (C=O) groups excluding carboxylic acids is 1. The van der Waals surface area contributed by atoms with Crippen molar-refractivity contribution in [2.24, 2.45) is 0 Å². The Morgan fingerprint density at radius 1 is 1.25 bits per heavy atom. The number of ether oxygens (including phenoxy) is 1. The summed E-state index contributed by atoms with van der Waals surface area (Å²) < 4.78 is 7.81. The number of H-pyrrole nitrogens is 1. The second-order valence-corrected chi connectivity index (χ2v) is 6.86. The molecule has 0 atom stereocenters. The number of benzene rings is 2. The predicted octanol–water partition coefficient (Wildman–Crippen LogP) is 4.02. The minimum absolute atomic E-state index is 0.0257. The lowest BCUT2D eigenvalue weighted by Gasteiger charge is -2.09. The SMILES string of the molecule is CCOc1ccc(-c2n[nH]c(=S)n2CCC(=O)NCc2cccc(C)c2)cc1. The van der Waals surface area contributed by atoms with Crippen LogP contribution in [-0.2, 0) is 17.9 Å². The molecule has 28 heavy (non-hydrogen) atoms. The summed E-state index contributed by atoms with van der Waals surface area (Å²) in [4.78, 5) is 12.3. The standard InChI is InChI=1S/C21H24N4O2S/c1-3-27-18-9-7-17(8-10-18)20-23-24-21(28)25(20)12-11-19(26)22-14-16-6-4-5-15(2)13-16/h4-10,13H,3,11-12,14H2,1-2H3,(H,22,26)(H,24,28). The van der Waals surface area contributed by atoms with Gasteiger partial charge in [-0.3, -0.25) is 14.5 Å². The Labute approximate surface area is 169 Å². The first kappa shape index (κ1) is 19.8. The van der Waals surface area contributed by atoms with E-state index in [1.165, 1.54) is 5.56 Å². The maximum Gasteiger partial charge on any atom is 0.222 e. The summed E-state index contributed by atoms with van der Waals surface area (Å²) in [6, 6.07) is 15.8. The molecule has 6 nitrogen and oxygen atoms in total. The number of nitrogens with one attached hydrogen (secondary N) is 2. The van der Waals surface area contributed by atoms with Gasteiger partial charge in [0.05, 0.1) is 6.61 Å². The Bertz CT molecular complexity index is 992. The molecule has 0 unspecified atom stereocenters. The average molecular weight is 397 g/mol. The lowest BCUT2D eigenvalue weighted by molar-refractivity contribution is -0.121. The van der Waals surface area contributed by atoms with Gasteiger partial charge in [0.1, 0.15) is 5.75 Å². The van der Waals surface area contributed by atoms with Gasteiger partial charge in [-0.1, -0.05) is 29.8 Å². The van der Waals surface area contributed by atoms with Gasteiger partial charge in [-0.25, -0.2) is 0 Å². The molecule has 0 radical (unpaired) electrons. The number of amides is 1. The molecule has 1 heterocycles. The van der Waals surface area contributed by atoms with Gasteiger partial charge in [0.15, 0.2) is 10.6 Å². The molecule has 0 saturated carbocycles. The molecule has 0 bridgehead atoms. The van der Waals surface area contributed by atoms with E-state index in [0.29, 0.717) is 36.7 Å². The van der Waals surface area contributed by atoms with Crippen molar-refractivity contribution >= 4 is 18.1 Å². The van der Waals surface area contributed by atoms with E-state index in [0.717, 1.165) is 16.9 Å². The van der Waals surface area contributed by atoms with Gasteiger partial charge < -0.3 is 10.1 Å². The fourth-order valence-electron chi connectivity index (χ4n) is 2.94. The minimum atomic E-state index is -0.0257. The number of aryl methyl sites for hydroxylation is 1. The fraction of sp³-hybridized carbons (Fsp3) is 0.286. The Hall–Kier alpha value is -2.93. The van der Waals surface area contributed by atoms with E-state index >= 15 is 0 Å². The third kappa shape index (κ3) is 5.07. The molecule has 0 aliphatic carbocycles. The highest BCUT2D eigenvalue weighted by Crippen LogP contribution is 2.21. The molecule has 0 aliphatic rings. The number of carbonyl (C=O) groups is 1. The van der Waals surface area contributed by atoms with E-state index < -0.39 is 0 Å². The number of hydrogen-bond acceptors (Lipinski definition) is 4. The van der Waals surface area contributed by atoms with Crippen molar-refractivity contribution in [1.82, 2.24) is 20.1 Å². The van der Waals surface area contributed by atoms with E-state index in [1.54, 1.807) is 0 Å². The van der Waals surface area contributed by atoms with Crippen LogP contribution < -0.4 is 10.1 Å². The summed E-state index contributed by atoms with van der Waals surface area (Å²) in [5.74, 6) is 1.49. The van der Waals surface area contributed by atoms with Gasteiger partial charge in [-0.15, -0.1) is 0 Å². The van der Waals surface area contributed by atoms with Gasteiger partial charge in [0.25, 0.3) is 0 Å². The average Bonchev–Trinajstić information content (AvgIpc) is 3.06. The van der Waals surface area contributed by atoms with Crippen LogP contribution in [-0.4, -0.2) is 27.3 Å². The quantitative estimate of drug-likeness (QED) is 0.564. The van der Waals surface area contributed by atoms with Crippen molar-refractivity contribution in [3.05, 3.63) is 64.4 Å². The van der Waals surface area contributed by atoms with Gasteiger partial charge in [-0.05, 0) is 55.9 Å². The fourth-order valence-corrected chi connectivity index (χ4v) is 3.16. The first-order chi connectivity index (χ1) is 13.6. The third-order valence-corrected chi connectivity index (χ3v) is 4.63. The Morgan fingerprint density at radius 2 is 2.04 bits per heavy atom. The zero-order valence-electron chi connectivity index (χ0n) is 16.1. The zero-order chi connectivity index (χ0) is 19.9. The van der Waals surface area contributed by atoms with Crippen LogP contribution in [0.4, 0.5) is 0 Å².